The fourth-order valence-corrected chi connectivity index (χ4v) is 2.11. The van der Waals surface area contributed by atoms with Crippen molar-refractivity contribution in [3.8, 4) is 6.07 Å². The van der Waals surface area contributed by atoms with Crippen LogP contribution >= 0.6 is 0 Å². The van der Waals surface area contributed by atoms with E-state index >= 15 is 0 Å². The topological polar surface area (TPSA) is 62.3 Å². The second-order valence-electron chi connectivity index (χ2n) is 5.15. The number of ether oxygens (including phenoxy) is 1. The Bertz CT molecular complexity index is 272. The Labute approximate surface area is 105 Å². The molecule has 1 rings (SSSR count). The van der Waals surface area contributed by atoms with E-state index in [0.717, 1.165) is 25.8 Å². The van der Waals surface area contributed by atoms with Crippen molar-refractivity contribution >= 4 is 0 Å². The zero-order valence-electron chi connectivity index (χ0n) is 11.3. The lowest BCUT2D eigenvalue weighted by atomic mass is 9.95. The highest BCUT2D eigenvalue weighted by Gasteiger charge is 2.44. The van der Waals surface area contributed by atoms with Crippen LogP contribution in [-0.2, 0) is 4.74 Å². The first kappa shape index (κ1) is 14.4. The second-order valence-corrected chi connectivity index (χ2v) is 5.15. The molecule has 0 heterocycles. The summed E-state index contributed by atoms with van der Waals surface area (Å²) in [6.07, 6.45) is 3.27. The van der Waals surface area contributed by atoms with Crippen molar-refractivity contribution in [1.29, 1.82) is 5.26 Å². The highest BCUT2D eigenvalue weighted by molar-refractivity contribution is 5.14. The third-order valence-electron chi connectivity index (χ3n) is 3.78. The van der Waals surface area contributed by atoms with Crippen molar-refractivity contribution in [1.82, 2.24) is 4.90 Å². The number of rotatable bonds is 8. The normalized spacial score (nSPS) is 20.9. The Morgan fingerprint density at radius 3 is 2.65 bits per heavy atom. The molecule has 0 aliphatic heterocycles. The van der Waals surface area contributed by atoms with Gasteiger partial charge in [0.1, 0.15) is 5.54 Å². The van der Waals surface area contributed by atoms with E-state index in [-0.39, 0.29) is 0 Å². The first-order valence-electron chi connectivity index (χ1n) is 6.50. The highest BCUT2D eigenvalue weighted by atomic mass is 16.5. The predicted molar refractivity (Wildman–Crippen MR) is 68.5 cm³/mol. The SMILES string of the molecule is CCC(C)N(CCOC)CC(N)(C#N)C1CC1. The van der Waals surface area contributed by atoms with E-state index in [4.69, 9.17) is 10.5 Å². The fraction of sp³-hybridized carbons (Fsp3) is 0.923. The first-order valence-corrected chi connectivity index (χ1v) is 6.50. The maximum Gasteiger partial charge on any atom is 0.119 e. The summed E-state index contributed by atoms with van der Waals surface area (Å²) in [6, 6.07) is 2.77. The lowest BCUT2D eigenvalue weighted by molar-refractivity contribution is 0.107. The third-order valence-corrected chi connectivity index (χ3v) is 3.78. The number of methoxy groups -OCH3 is 1. The van der Waals surface area contributed by atoms with E-state index < -0.39 is 5.54 Å². The number of nitrogens with two attached hydrogens (primary N) is 1. The highest BCUT2D eigenvalue weighted by Crippen LogP contribution is 2.38. The van der Waals surface area contributed by atoms with Crippen LogP contribution in [0.5, 0.6) is 0 Å². The molecule has 0 radical (unpaired) electrons. The number of nitrogens with zero attached hydrogens (tertiary/aromatic N) is 2. The second kappa shape index (κ2) is 6.34. The Morgan fingerprint density at radius 1 is 1.59 bits per heavy atom. The van der Waals surface area contributed by atoms with Crippen LogP contribution in [-0.4, -0.2) is 43.3 Å². The van der Waals surface area contributed by atoms with Gasteiger partial charge in [-0.05, 0) is 32.1 Å². The van der Waals surface area contributed by atoms with Gasteiger partial charge in [-0.15, -0.1) is 0 Å². The first-order chi connectivity index (χ1) is 8.07. The summed E-state index contributed by atoms with van der Waals surface area (Å²) in [5, 5.41) is 9.29. The molecule has 4 nitrogen and oxygen atoms in total. The molecule has 0 aromatic carbocycles. The van der Waals surface area contributed by atoms with E-state index in [2.05, 4.69) is 24.8 Å². The van der Waals surface area contributed by atoms with Gasteiger partial charge < -0.3 is 10.5 Å². The van der Waals surface area contributed by atoms with Gasteiger partial charge in [0.25, 0.3) is 0 Å². The Hall–Kier alpha value is -0.630. The molecule has 0 saturated heterocycles. The van der Waals surface area contributed by atoms with Gasteiger partial charge in [-0.2, -0.15) is 5.26 Å². The lowest BCUT2D eigenvalue weighted by Gasteiger charge is -2.34. The van der Waals surface area contributed by atoms with Gasteiger partial charge in [0.05, 0.1) is 12.7 Å². The molecule has 0 amide bonds. The predicted octanol–water partition coefficient (Wildman–Crippen LogP) is 1.36. The van der Waals surface area contributed by atoms with Crippen LogP contribution in [0.3, 0.4) is 0 Å². The van der Waals surface area contributed by atoms with E-state index in [9.17, 15) is 5.26 Å². The monoisotopic (exact) mass is 239 g/mol. The van der Waals surface area contributed by atoms with Gasteiger partial charge in [-0.3, -0.25) is 4.90 Å². The van der Waals surface area contributed by atoms with Gasteiger partial charge in [-0.1, -0.05) is 6.92 Å². The van der Waals surface area contributed by atoms with Gasteiger partial charge >= 0.3 is 0 Å². The standard InChI is InChI=1S/C13H25N3O/c1-4-11(2)16(7-8-17-3)10-13(15,9-14)12-5-6-12/h11-12H,4-8,10,15H2,1-3H3. The molecule has 0 aromatic heterocycles. The summed E-state index contributed by atoms with van der Waals surface area (Å²) in [5.41, 5.74) is 5.55. The maximum atomic E-state index is 9.29. The van der Waals surface area contributed by atoms with Crippen LogP contribution in [0.4, 0.5) is 0 Å². The minimum atomic E-state index is -0.669. The zero-order valence-corrected chi connectivity index (χ0v) is 11.3. The van der Waals surface area contributed by atoms with Crippen LogP contribution in [0.15, 0.2) is 0 Å². The zero-order chi connectivity index (χ0) is 12.9. The molecule has 17 heavy (non-hydrogen) atoms. The molecule has 0 aromatic rings. The molecular weight excluding hydrogens is 214 g/mol. The summed E-state index contributed by atoms with van der Waals surface area (Å²) in [4.78, 5) is 2.28. The molecule has 2 atom stereocenters. The lowest BCUT2D eigenvalue weighted by Crippen LogP contribution is -2.53. The number of nitriles is 1. The van der Waals surface area contributed by atoms with Gasteiger partial charge in [-0.25, -0.2) is 0 Å². The molecule has 4 heteroatoms. The van der Waals surface area contributed by atoms with Crippen LogP contribution < -0.4 is 5.73 Å². The molecule has 1 saturated carbocycles. The van der Waals surface area contributed by atoms with E-state index in [0.29, 0.717) is 25.1 Å². The van der Waals surface area contributed by atoms with Gasteiger partial charge in [0.2, 0.25) is 0 Å². The Kier molecular flexibility index (Phi) is 5.38. The average Bonchev–Trinajstić information content (AvgIpc) is 3.17. The molecule has 1 aliphatic carbocycles. The van der Waals surface area contributed by atoms with Crippen LogP contribution in [0.2, 0.25) is 0 Å². The van der Waals surface area contributed by atoms with Crippen LogP contribution in [0.1, 0.15) is 33.1 Å². The molecule has 98 valence electrons. The van der Waals surface area contributed by atoms with Gasteiger partial charge in [0, 0.05) is 26.2 Å². The molecule has 0 bridgehead atoms. The van der Waals surface area contributed by atoms with Crippen molar-refractivity contribution in [2.75, 3.05) is 26.8 Å². The maximum absolute atomic E-state index is 9.29. The van der Waals surface area contributed by atoms with E-state index in [1.807, 2.05) is 0 Å². The van der Waals surface area contributed by atoms with Crippen molar-refractivity contribution < 1.29 is 4.74 Å². The summed E-state index contributed by atoms with van der Waals surface area (Å²) < 4.78 is 5.13. The van der Waals surface area contributed by atoms with Crippen LogP contribution in [0, 0.1) is 17.2 Å². The van der Waals surface area contributed by atoms with Crippen molar-refractivity contribution in [2.45, 2.75) is 44.7 Å². The van der Waals surface area contributed by atoms with Crippen LogP contribution in [0.25, 0.3) is 0 Å². The van der Waals surface area contributed by atoms with E-state index in [1.165, 1.54) is 0 Å². The summed E-state index contributed by atoms with van der Waals surface area (Å²) in [5.74, 6) is 0.390. The summed E-state index contributed by atoms with van der Waals surface area (Å²) in [6.45, 7) is 6.54. The Balaban J connectivity index is 2.60. The molecule has 2 unspecified atom stereocenters. The third kappa shape index (κ3) is 3.95. The smallest absolute Gasteiger partial charge is 0.119 e. The quantitative estimate of drug-likeness (QED) is 0.695. The molecule has 0 spiro atoms. The van der Waals surface area contributed by atoms with Crippen molar-refractivity contribution in [2.24, 2.45) is 11.7 Å². The summed E-state index contributed by atoms with van der Waals surface area (Å²) >= 11 is 0. The molecular formula is C13H25N3O. The molecule has 2 N–H and O–H groups in total. The molecule has 1 aliphatic rings. The summed E-state index contributed by atoms with van der Waals surface area (Å²) in [7, 11) is 1.70. The Morgan fingerprint density at radius 2 is 2.24 bits per heavy atom. The number of hydrogen-bond acceptors (Lipinski definition) is 4. The minimum Gasteiger partial charge on any atom is -0.383 e. The number of hydrogen-bond donors (Lipinski definition) is 1. The van der Waals surface area contributed by atoms with Crippen molar-refractivity contribution in [3.05, 3.63) is 0 Å². The van der Waals surface area contributed by atoms with Crippen molar-refractivity contribution in [3.63, 3.8) is 0 Å². The average molecular weight is 239 g/mol. The van der Waals surface area contributed by atoms with E-state index in [1.54, 1.807) is 7.11 Å². The van der Waals surface area contributed by atoms with Gasteiger partial charge in [0.15, 0.2) is 0 Å². The fourth-order valence-electron chi connectivity index (χ4n) is 2.11. The largest absolute Gasteiger partial charge is 0.383 e. The minimum absolute atomic E-state index is 0.390. The molecule has 1 fully saturated rings.